The largest absolute Gasteiger partial charge is 0.481 e. The molecule has 1 N–H and O–H groups in total. The summed E-state index contributed by atoms with van der Waals surface area (Å²) >= 11 is 0. The van der Waals surface area contributed by atoms with Gasteiger partial charge in [0.25, 0.3) is 0 Å². The van der Waals surface area contributed by atoms with Crippen LogP contribution >= 0.6 is 0 Å². The van der Waals surface area contributed by atoms with Gasteiger partial charge in [-0.05, 0) is 46.0 Å². The van der Waals surface area contributed by atoms with Gasteiger partial charge in [-0.15, -0.1) is 0 Å². The smallest absolute Gasteiger partial charge is 0.304 e. The molecule has 0 aromatic carbocycles. The molecule has 30 heavy (non-hydrogen) atoms. The van der Waals surface area contributed by atoms with Gasteiger partial charge in [0, 0.05) is 19.0 Å². The van der Waals surface area contributed by atoms with Crippen LogP contribution in [0.4, 0.5) is 0 Å². The highest BCUT2D eigenvalue weighted by molar-refractivity contribution is 5.83. The van der Waals surface area contributed by atoms with Crippen molar-refractivity contribution in [2.24, 2.45) is 5.92 Å². The third-order valence-electron chi connectivity index (χ3n) is 5.91. The molecule has 0 aromatic rings. The molecule has 0 radical (unpaired) electrons. The number of hydrogen-bond acceptors (Lipinski definition) is 2. The lowest BCUT2D eigenvalue weighted by molar-refractivity contribution is -0.144. The lowest BCUT2D eigenvalue weighted by Crippen LogP contribution is -2.36. The number of aliphatic carboxylic acids is 1. The van der Waals surface area contributed by atoms with E-state index in [-0.39, 0.29) is 18.2 Å². The van der Waals surface area contributed by atoms with Crippen LogP contribution in [0.1, 0.15) is 124 Å². The van der Waals surface area contributed by atoms with E-state index in [1.54, 1.807) is 4.90 Å². The molecule has 0 fully saturated rings. The van der Waals surface area contributed by atoms with E-state index in [0.29, 0.717) is 19.5 Å². The molecule has 1 atom stereocenters. The first-order chi connectivity index (χ1) is 14.6. The van der Waals surface area contributed by atoms with Crippen molar-refractivity contribution in [3.8, 4) is 0 Å². The zero-order valence-electron chi connectivity index (χ0n) is 20.2. The van der Waals surface area contributed by atoms with Gasteiger partial charge >= 0.3 is 5.97 Å². The Kier molecular flexibility index (Phi) is 20.0. The average molecular weight is 424 g/mol. The summed E-state index contributed by atoms with van der Waals surface area (Å²) < 4.78 is 0. The van der Waals surface area contributed by atoms with Crippen molar-refractivity contribution in [1.29, 1.82) is 0 Å². The van der Waals surface area contributed by atoms with Gasteiger partial charge in [0.05, 0.1) is 6.42 Å². The number of unbranched alkanes of at least 4 members (excludes halogenated alkanes) is 12. The van der Waals surface area contributed by atoms with E-state index < -0.39 is 5.97 Å². The molecule has 1 amide bonds. The van der Waals surface area contributed by atoms with E-state index >= 15 is 0 Å². The Balaban J connectivity index is 3.70. The number of carbonyl (C=O) groups excluding carboxylic acids is 1. The number of carbonyl (C=O) groups is 2. The fourth-order valence-corrected chi connectivity index (χ4v) is 3.96. The summed E-state index contributed by atoms with van der Waals surface area (Å²) in [5, 5.41) is 9.12. The first-order valence-corrected chi connectivity index (χ1v) is 12.7. The minimum absolute atomic E-state index is 0.0106. The molecule has 4 nitrogen and oxygen atoms in total. The van der Waals surface area contributed by atoms with Crippen LogP contribution in [-0.2, 0) is 9.59 Å². The van der Waals surface area contributed by atoms with Crippen LogP contribution in [0.3, 0.4) is 0 Å². The summed E-state index contributed by atoms with van der Waals surface area (Å²) in [6.45, 7) is 7.46. The van der Waals surface area contributed by atoms with Crippen molar-refractivity contribution in [1.82, 2.24) is 4.90 Å². The van der Waals surface area contributed by atoms with Crippen LogP contribution in [0.5, 0.6) is 0 Å². The Labute approximate surface area is 186 Å². The molecule has 1 unspecified atom stereocenters. The molecule has 0 aliphatic heterocycles. The maximum Gasteiger partial charge on any atom is 0.304 e. The van der Waals surface area contributed by atoms with Gasteiger partial charge in [-0.25, -0.2) is 0 Å². The predicted octanol–water partition coefficient (Wildman–Crippen LogP) is 7.37. The van der Waals surface area contributed by atoms with Gasteiger partial charge in [0.2, 0.25) is 5.91 Å². The minimum Gasteiger partial charge on any atom is -0.481 e. The van der Waals surface area contributed by atoms with Crippen molar-refractivity contribution in [3.63, 3.8) is 0 Å². The Morgan fingerprint density at radius 2 is 1.20 bits per heavy atom. The monoisotopic (exact) mass is 423 g/mol. The fourth-order valence-electron chi connectivity index (χ4n) is 3.96. The summed E-state index contributed by atoms with van der Waals surface area (Å²) in [4.78, 5) is 25.4. The van der Waals surface area contributed by atoms with Crippen molar-refractivity contribution < 1.29 is 14.7 Å². The number of carboxylic acid groups (broad SMARTS) is 1. The van der Waals surface area contributed by atoms with Crippen LogP contribution < -0.4 is 0 Å². The second kappa shape index (κ2) is 20.9. The molecular weight excluding hydrogens is 374 g/mol. The number of allylic oxidation sites excluding steroid dienone is 2. The molecular formula is C26H49NO3. The normalized spacial score (nSPS) is 12.4. The Bertz CT molecular complexity index is 444. The second-order valence-corrected chi connectivity index (χ2v) is 8.53. The molecule has 0 saturated heterocycles. The van der Waals surface area contributed by atoms with E-state index in [4.69, 9.17) is 5.11 Å². The van der Waals surface area contributed by atoms with E-state index in [0.717, 1.165) is 12.8 Å². The van der Waals surface area contributed by atoms with Gasteiger partial charge in [-0.3, -0.25) is 9.59 Å². The van der Waals surface area contributed by atoms with Crippen LogP contribution in [0.2, 0.25) is 0 Å². The molecule has 0 aliphatic carbocycles. The van der Waals surface area contributed by atoms with Crippen LogP contribution in [0.25, 0.3) is 0 Å². The fraction of sp³-hybridized carbons (Fsp3) is 0.846. The first-order valence-electron chi connectivity index (χ1n) is 12.7. The number of carboxylic acids is 1. The maximum atomic E-state index is 12.5. The topological polar surface area (TPSA) is 57.6 Å². The molecule has 176 valence electrons. The third kappa shape index (κ3) is 16.5. The van der Waals surface area contributed by atoms with Gasteiger partial charge in [-0.2, -0.15) is 0 Å². The molecule has 0 aromatic heterocycles. The van der Waals surface area contributed by atoms with Gasteiger partial charge in [-0.1, -0.05) is 83.3 Å². The zero-order valence-corrected chi connectivity index (χ0v) is 20.2. The highest BCUT2D eigenvalue weighted by atomic mass is 16.4. The summed E-state index contributed by atoms with van der Waals surface area (Å²) in [6, 6.07) is 0. The average Bonchev–Trinajstić information content (AvgIpc) is 2.73. The van der Waals surface area contributed by atoms with E-state index in [9.17, 15) is 9.59 Å². The number of amides is 1. The molecule has 0 bridgehead atoms. The zero-order chi connectivity index (χ0) is 22.5. The number of hydrogen-bond donors (Lipinski definition) is 1. The van der Waals surface area contributed by atoms with Gasteiger partial charge in [0.15, 0.2) is 0 Å². The van der Waals surface area contributed by atoms with Crippen LogP contribution in [0, 0.1) is 5.92 Å². The predicted molar refractivity (Wildman–Crippen MR) is 128 cm³/mol. The summed E-state index contributed by atoms with van der Waals surface area (Å²) in [6.07, 6.45) is 22.9. The Morgan fingerprint density at radius 3 is 1.67 bits per heavy atom. The molecule has 0 heterocycles. The minimum atomic E-state index is -0.869. The maximum absolute atomic E-state index is 12.5. The molecule has 0 spiro atoms. The van der Waals surface area contributed by atoms with E-state index in [1.807, 2.05) is 13.8 Å². The standard InChI is InChI=1S/C26H49NO3/c1-4-7-8-9-10-11-12-13-14-15-16-17-18-19-20-21-22-24(23-25(28)29)26(30)27(5-2)6-3/h12-13,24H,4-11,14-23H2,1-3H3,(H,28,29)/b13-12+. The quantitative estimate of drug-likeness (QED) is 0.155. The highest BCUT2D eigenvalue weighted by Crippen LogP contribution is 2.18. The molecule has 0 rings (SSSR count). The van der Waals surface area contributed by atoms with Crippen molar-refractivity contribution >= 4 is 11.9 Å². The van der Waals surface area contributed by atoms with E-state index in [2.05, 4.69) is 19.1 Å². The van der Waals surface area contributed by atoms with Crippen molar-refractivity contribution in [2.45, 2.75) is 124 Å². The first kappa shape index (κ1) is 28.7. The lowest BCUT2D eigenvalue weighted by Gasteiger charge is -2.24. The van der Waals surface area contributed by atoms with Crippen LogP contribution in [0.15, 0.2) is 12.2 Å². The highest BCUT2D eigenvalue weighted by Gasteiger charge is 2.24. The van der Waals surface area contributed by atoms with E-state index in [1.165, 1.54) is 77.0 Å². The van der Waals surface area contributed by atoms with Crippen LogP contribution in [-0.4, -0.2) is 35.0 Å². The summed E-state index contributed by atoms with van der Waals surface area (Å²) in [7, 11) is 0. The number of nitrogens with zero attached hydrogens (tertiary/aromatic N) is 1. The van der Waals surface area contributed by atoms with Crippen molar-refractivity contribution in [3.05, 3.63) is 12.2 Å². The van der Waals surface area contributed by atoms with Gasteiger partial charge in [0.1, 0.15) is 0 Å². The number of rotatable bonds is 21. The molecule has 0 aliphatic rings. The molecule has 0 saturated carbocycles. The molecule has 4 heteroatoms. The van der Waals surface area contributed by atoms with Crippen molar-refractivity contribution in [2.75, 3.05) is 13.1 Å². The SMILES string of the molecule is CCCCCCC/C=C/CCCCCCCCCC(CC(=O)O)C(=O)N(CC)CC. The summed E-state index contributed by atoms with van der Waals surface area (Å²) in [5.41, 5.74) is 0. The summed E-state index contributed by atoms with van der Waals surface area (Å²) in [5.74, 6) is -1.22. The van der Waals surface area contributed by atoms with Gasteiger partial charge < -0.3 is 10.0 Å². The Hall–Kier alpha value is -1.32. The second-order valence-electron chi connectivity index (χ2n) is 8.53. The lowest BCUT2D eigenvalue weighted by atomic mass is 9.95. The Morgan fingerprint density at radius 1 is 0.733 bits per heavy atom. The third-order valence-corrected chi connectivity index (χ3v) is 5.91.